The molecule has 0 fully saturated rings. The van der Waals surface area contributed by atoms with Gasteiger partial charge in [0.05, 0.1) is 40.0 Å². The number of aromatic amines is 2. The van der Waals surface area contributed by atoms with Gasteiger partial charge in [-0.2, -0.15) is 5.10 Å². The van der Waals surface area contributed by atoms with Crippen molar-refractivity contribution in [3.63, 3.8) is 0 Å². The van der Waals surface area contributed by atoms with E-state index in [1.54, 1.807) is 29.9 Å². The minimum atomic E-state index is -0.500. The fourth-order valence-corrected chi connectivity index (χ4v) is 5.36. The van der Waals surface area contributed by atoms with E-state index in [1.165, 1.54) is 0 Å². The maximum absolute atomic E-state index is 16.2. The van der Waals surface area contributed by atoms with Crippen LogP contribution in [0.15, 0.2) is 73.8 Å². The number of thiophene rings is 1. The summed E-state index contributed by atoms with van der Waals surface area (Å²) in [5.41, 5.74) is 6.61. The second kappa shape index (κ2) is 9.53. The minimum Gasteiger partial charge on any atom is -0.358 e. The summed E-state index contributed by atoms with van der Waals surface area (Å²) < 4.78 is 16.2. The Morgan fingerprint density at radius 1 is 1.02 bits per heavy atom. The van der Waals surface area contributed by atoms with Gasteiger partial charge in [-0.05, 0) is 36.8 Å². The smallest absolute Gasteiger partial charge is 0.161 e. The zero-order valence-electron chi connectivity index (χ0n) is 22.7. The molecule has 40 heavy (non-hydrogen) atoms. The summed E-state index contributed by atoms with van der Waals surface area (Å²) in [6.07, 6.45) is 4.85. The van der Waals surface area contributed by atoms with Crippen LogP contribution in [0.2, 0.25) is 0 Å². The number of imidazole rings is 1. The van der Waals surface area contributed by atoms with E-state index in [0.29, 0.717) is 33.7 Å². The minimum absolute atomic E-state index is 0.146. The molecule has 0 bridgehead atoms. The monoisotopic (exact) mass is 549 g/mol. The van der Waals surface area contributed by atoms with E-state index in [9.17, 15) is 0 Å². The lowest BCUT2D eigenvalue weighted by Gasteiger charge is -2.23. The average Bonchev–Trinajstić information content (AvgIpc) is 3.66. The Kier molecular flexibility index (Phi) is 6.11. The van der Waals surface area contributed by atoms with E-state index >= 15 is 4.39 Å². The molecule has 6 rings (SSSR count). The number of aromatic nitrogens is 6. The van der Waals surface area contributed by atoms with Gasteiger partial charge in [-0.3, -0.25) is 15.1 Å². The molecule has 0 aliphatic carbocycles. The number of pyridine rings is 2. The van der Waals surface area contributed by atoms with Crippen molar-refractivity contribution in [2.75, 3.05) is 5.32 Å². The summed E-state index contributed by atoms with van der Waals surface area (Å²) in [4.78, 5) is 19.1. The van der Waals surface area contributed by atoms with E-state index in [1.807, 2.05) is 31.2 Å². The normalized spacial score (nSPS) is 11.8. The first-order chi connectivity index (χ1) is 19.1. The van der Waals surface area contributed by atoms with Gasteiger partial charge < -0.3 is 10.3 Å². The predicted molar refractivity (Wildman–Crippen MR) is 162 cm³/mol. The number of para-hydroxylation sites is 1. The van der Waals surface area contributed by atoms with Crippen LogP contribution >= 0.6 is 11.3 Å². The molecule has 0 unspecified atom stereocenters. The highest BCUT2D eigenvalue weighted by atomic mass is 32.1. The Labute approximate surface area is 234 Å². The maximum Gasteiger partial charge on any atom is 0.161 e. The lowest BCUT2D eigenvalue weighted by Crippen LogP contribution is -2.15. The third kappa shape index (κ3) is 4.48. The van der Waals surface area contributed by atoms with Crippen LogP contribution in [0.5, 0.6) is 0 Å². The molecule has 5 heterocycles. The fraction of sp³-hybridized carbons (Fsp3) is 0.161. The summed E-state index contributed by atoms with van der Waals surface area (Å²) in [5.74, 6) is -0.0312. The van der Waals surface area contributed by atoms with Crippen molar-refractivity contribution in [1.29, 1.82) is 0 Å². The van der Waals surface area contributed by atoms with Crippen molar-refractivity contribution in [1.82, 2.24) is 30.1 Å². The topological polar surface area (TPSA) is 95.2 Å². The highest BCUT2D eigenvalue weighted by molar-refractivity contribution is 7.16. The second-order valence-electron chi connectivity index (χ2n) is 10.8. The highest BCUT2D eigenvalue weighted by Gasteiger charge is 2.22. The van der Waals surface area contributed by atoms with Crippen molar-refractivity contribution in [2.24, 2.45) is 5.41 Å². The number of rotatable bonds is 6. The van der Waals surface area contributed by atoms with E-state index in [-0.39, 0.29) is 11.1 Å². The predicted octanol–water partition coefficient (Wildman–Crippen LogP) is 8.44. The van der Waals surface area contributed by atoms with Crippen molar-refractivity contribution in [3.8, 4) is 33.2 Å². The van der Waals surface area contributed by atoms with E-state index in [2.05, 4.69) is 76.5 Å². The number of H-pyrrole nitrogens is 2. The molecule has 200 valence electrons. The Morgan fingerprint density at radius 2 is 1.85 bits per heavy atom. The standard InChI is InChI=1S/C31H28FN7S/c1-16(2)23-10-11-24(40-23)20-8-7-9-21-28(20)37-30(36-21)29-25-22(38-39-29)15-34-27(26(25)32)18-12-19(14-33-13-18)35-17(3)31(4,5)6/h7-15,35H,1,3H2,2,4-6H3,(H,36,37)(H,38,39). The second-order valence-corrected chi connectivity index (χ2v) is 11.9. The van der Waals surface area contributed by atoms with E-state index in [0.717, 1.165) is 37.6 Å². The Hall–Kier alpha value is -4.63. The van der Waals surface area contributed by atoms with Crippen molar-refractivity contribution in [3.05, 3.63) is 84.5 Å². The van der Waals surface area contributed by atoms with Gasteiger partial charge in [-0.25, -0.2) is 9.37 Å². The Bertz CT molecular complexity index is 1940. The number of anilines is 1. The molecule has 3 N–H and O–H groups in total. The third-order valence-electron chi connectivity index (χ3n) is 6.79. The average molecular weight is 550 g/mol. The number of hydrogen-bond acceptors (Lipinski definition) is 6. The van der Waals surface area contributed by atoms with Crippen molar-refractivity contribution in [2.45, 2.75) is 27.7 Å². The molecule has 9 heteroatoms. The lowest BCUT2D eigenvalue weighted by molar-refractivity contribution is 0.509. The summed E-state index contributed by atoms with van der Waals surface area (Å²) >= 11 is 1.67. The molecule has 0 radical (unpaired) electrons. The largest absolute Gasteiger partial charge is 0.358 e. The molecule has 0 amide bonds. The summed E-state index contributed by atoms with van der Waals surface area (Å²) in [6, 6.07) is 11.9. The molecule has 0 atom stereocenters. The number of hydrogen-bond donors (Lipinski definition) is 3. The summed E-state index contributed by atoms with van der Waals surface area (Å²) in [6.45, 7) is 16.4. The van der Waals surface area contributed by atoms with Crippen LogP contribution in [-0.4, -0.2) is 30.1 Å². The first kappa shape index (κ1) is 25.6. The zero-order valence-corrected chi connectivity index (χ0v) is 23.5. The molecule has 0 aliphatic rings. The molecule has 7 nitrogen and oxygen atoms in total. The molecule has 1 aromatic carbocycles. The van der Waals surface area contributed by atoms with Crippen molar-refractivity contribution < 1.29 is 4.39 Å². The van der Waals surface area contributed by atoms with Crippen LogP contribution in [0, 0.1) is 11.2 Å². The number of fused-ring (bicyclic) bond motifs is 2. The van der Waals surface area contributed by atoms with Crippen LogP contribution < -0.4 is 5.32 Å². The molecular weight excluding hydrogens is 521 g/mol. The Morgan fingerprint density at radius 3 is 2.60 bits per heavy atom. The van der Waals surface area contributed by atoms with Gasteiger partial charge in [0.1, 0.15) is 11.4 Å². The lowest BCUT2D eigenvalue weighted by atomic mass is 9.93. The van der Waals surface area contributed by atoms with Crippen LogP contribution in [-0.2, 0) is 0 Å². The number of halogens is 1. The third-order valence-corrected chi connectivity index (χ3v) is 8.07. The van der Waals surface area contributed by atoms with Gasteiger partial charge in [0.2, 0.25) is 0 Å². The molecule has 0 saturated carbocycles. The van der Waals surface area contributed by atoms with Crippen LogP contribution in [0.1, 0.15) is 32.6 Å². The number of benzene rings is 1. The quantitative estimate of drug-likeness (QED) is 0.194. The molecule has 5 aromatic heterocycles. The molecule has 6 aromatic rings. The Balaban J connectivity index is 1.43. The van der Waals surface area contributed by atoms with Gasteiger partial charge in [0, 0.05) is 38.2 Å². The SMILES string of the molecule is C=C(C)c1ccc(-c2cccc3[nH]c(-c4n[nH]c5cnc(-c6cncc(NC(=C)C(C)(C)C)c6)c(F)c45)nc23)s1. The van der Waals surface area contributed by atoms with Gasteiger partial charge >= 0.3 is 0 Å². The van der Waals surface area contributed by atoms with Crippen LogP contribution in [0.3, 0.4) is 0 Å². The first-order valence-electron chi connectivity index (χ1n) is 12.8. The van der Waals surface area contributed by atoms with Gasteiger partial charge in [-0.15, -0.1) is 11.3 Å². The highest BCUT2D eigenvalue weighted by Crippen LogP contribution is 2.37. The van der Waals surface area contributed by atoms with Gasteiger partial charge in [-0.1, -0.05) is 46.1 Å². The number of nitrogens with one attached hydrogen (secondary N) is 3. The van der Waals surface area contributed by atoms with Crippen LogP contribution in [0.25, 0.3) is 60.7 Å². The van der Waals surface area contributed by atoms with Gasteiger partial charge in [0.25, 0.3) is 0 Å². The molecular formula is C31H28FN7S. The fourth-order valence-electron chi connectivity index (χ4n) is 4.40. The number of allylic oxidation sites excluding steroid dienone is 2. The number of nitrogens with zero attached hydrogens (tertiary/aromatic N) is 4. The molecule has 0 aliphatic heterocycles. The summed E-state index contributed by atoms with van der Waals surface area (Å²) in [7, 11) is 0. The van der Waals surface area contributed by atoms with Gasteiger partial charge in [0.15, 0.2) is 11.6 Å². The van der Waals surface area contributed by atoms with Crippen LogP contribution in [0.4, 0.5) is 10.1 Å². The summed E-state index contributed by atoms with van der Waals surface area (Å²) in [5, 5.41) is 10.9. The van der Waals surface area contributed by atoms with E-state index < -0.39 is 5.82 Å². The molecule has 0 spiro atoms. The van der Waals surface area contributed by atoms with Crippen molar-refractivity contribution >= 4 is 44.5 Å². The van der Waals surface area contributed by atoms with E-state index in [4.69, 9.17) is 4.98 Å². The maximum atomic E-state index is 16.2. The zero-order chi connectivity index (χ0) is 28.2. The first-order valence-corrected chi connectivity index (χ1v) is 13.6. The molecule has 0 saturated heterocycles.